The van der Waals surface area contributed by atoms with E-state index in [9.17, 15) is 8.42 Å². The molecule has 1 N–H and O–H groups in total. The van der Waals surface area contributed by atoms with Crippen molar-refractivity contribution in [2.75, 3.05) is 24.5 Å². The molecule has 1 aliphatic heterocycles. The maximum Gasteiger partial charge on any atom is 0.240 e. The van der Waals surface area contributed by atoms with Crippen LogP contribution in [0.25, 0.3) is 0 Å². The molecule has 0 radical (unpaired) electrons. The van der Waals surface area contributed by atoms with Gasteiger partial charge in [0.2, 0.25) is 10.0 Å². The summed E-state index contributed by atoms with van der Waals surface area (Å²) in [5.41, 5.74) is 2.13. The predicted molar refractivity (Wildman–Crippen MR) is 95.5 cm³/mol. The van der Waals surface area contributed by atoms with Gasteiger partial charge in [0.25, 0.3) is 0 Å². The van der Waals surface area contributed by atoms with Crippen molar-refractivity contribution in [3.8, 4) is 0 Å². The number of nitrogens with zero attached hydrogens (tertiary/aromatic N) is 2. The number of sulfonamides is 1. The van der Waals surface area contributed by atoms with Gasteiger partial charge in [0.15, 0.2) is 0 Å². The number of aryl methyl sites for hydroxylation is 1. The third-order valence-corrected chi connectivity index (χ3v) is 5.93. The van der Waals surface area contributed by atoms with Crippen LogP contribution < -0.4 is 9.62 Å². The minimum absolute atomic E-state index is 0.344. The number of pyridine rings is 1. The second kappa shape index (κ2) is 7.32. The molecule has 0 saturated carbocycles. The van der Waals surface area contributed by atoms with Crippen molar-refractivity contribution in [3.05, 3.63) is 54.4 Å². The Morgan fingerprint density at radius 1 is 1.17 bits per heavy atom. The fourth-order valence-corrected chi connectivity index (χ4v) is 4.26. The van der Waals surface area contributed by atoms with E-state index in [2.05, 4.69) is 14.6 Å². The van der Waals surface area contributed by atoms with Crippen LogP contribution in [-0.2, 0) is 10.0 Å². The van der Waals surface area contributed by atoms with E-state index < -0.39 is 10.0 Å². The van der Waals surface area contributed by atoms with Gasteiger partial charge in [-0.2, -0.15) is 0 Å². The lowest BCUT2D eigenvalue weighted by Gasteiger charge is -2.33. The summed E-state index contributed by atoms with van der Waals surface area (Å²) in [4.78, 5) is 6.71. The number of benzene rings is 1. The van der Waals surface area contributed by atoms with E-state index in [1.807, 2.05) is 25.1 Å². The van der Waals surface area contributed by atoms with Crippen LogP contribution in [0, 0.1) is 12.8 Å². The SMILES string of the molecule is Cc1cccc(S(=O)(=O)NCC2CCN(c3ccncc3)CC2)c1. The monoisotopic (exact) mass is 345 g/mol. The van der Waals surface area contributed by atoms with Crippen LogP contribution >= 0.6 is 0 Å². The van der Waals surface area contributed by atoms with Crippen molar-refractivity contribution in [1.82, 2.24) is 9.71 Å². The minimum atomic E-state index is -3.42. The summed E-state index contributed by atoms with van der Waals surface area (Å²) in [7, 11) is -3.42. The highest BCUT2D eigenvalue weighted by Gasteiger charge is 2.22. The van der Waals surface area contributed by atoms with Crippen molar-refractivity contribution in [3.63, 3.8) is 0 Å². The summed E-state index contributed by atoms with van der Waals surface area (Å²) in [6.07, 6.45) is 5.58. The maximum absolute atomic E-state index is 12.4. The van der Waals surface area contributed by atoms with Crippen LogP contribution in [0.1, 0.15) is 18.4 Å². The molecule has 0 amide bonds. The molecule has 1 aliphatic rings. The van der Waals surface area contributed by atoms with Gasteiger partial charge < -0.3 is 4.90 Å². The summed E-state index contributed by atoms with van der Waals surface area (Å²) in [6, 6.07) is 11.0. The van der Waals surface area contributed by atoms with Crippen LogP contribution in [0.5, 0.6) is 0 Å². The zero-order chi connectivity index (χ0) is 17.0. The summed E-state index contributed by atoms with van der Waals surface area (Å²) < 4.78 is 27.5. The average Bonchev–Trinajstić information content (AvgIpc) is 2.61. The van der Waals surface area contributed by atoms with Crippen molar-refractivity contribution < 1.29 is 8.42 Å². The number of anilines is 1. The molecule has 2 aromatic rings. The smallest absolute Gasteiger partial charge is 0.240 e. The zero-order valence-corrected chi connectivity index (χ0v) is 14.7. The van der Waals surface area contributed by atoms with Crippen LogP contribution in [0.4, 0.5) is 5.69 Å². The zero-order valence-electron chi connectivity index (χ0n) is 13.9. The van der Waals surface area contributed by atoms with Crippen molar-refractivity contribution in [1.29, 1.82) is 0 Å². The number of hydrogen-bond acceptors (Lipinski definition) is 4. The Kier molecular flexibility index (Phi) is 5.16. The largest absolute Gasteiger partial charge is 0.371 e. The Hall–Kier alpha value is -1.92. The molecule has 128 valence electrons. The quantitative estimate of drug-likeness (QED) is 0.905. The van der Waals surface area contributed by atoms with E-state index in [0.29, 0.717) is 17.4 Å². The van der Waals surface area contributed by atoms with E-state index in [-0.39, 0.29) is 0 Å². The maximum atomic E-state index is 12.4. The molecular weight excluding hydrogens is 322 g/mol. The van der Waals surface area contributed by atoms with Crippen LogP contribution in [0.3, 0.4) is 0 Å². The van der Waals surface area contributed by atoms with Crippen LogP contribution in [0.2, 0.25) is 0 Å². The molecular formula is C18H23N3O2S. The fraction of sp³-hybridized carbons (Fsp3) is 0.389. The standard InChI is InChI=1S/C18H23N3O2S/c1-15-3-2-4-18(13-15)24(22,23)20-14-16-7-11-21(12-8-16)17-5-9-19-10-6-17/h2-6,9-10,13,16,20H,7-8,11-12,14H2,1H3. The van der Waals surface area contributed by atoms with Crippen molar-refractivity contribution in [2.24, 2.45) is 5.92 Å². The molecule has 6 heteroatoms. The number of nitrogens with one attached hydrogen (secondary N) is 1. The number of aromatic nitrogens is 1. The van der Waals surface area contributed by atoms with E-state index in [1.54, 1.807) is 30.6 Å². The highest BCUT2D eigenvalue weighted by atomic mass is 32.2. The van der Waals surface area contributed by atoms with E-state index in [1.165, 1.54) is 5.69 Å². The van der Waals surface area contributed by atoms with Gasteiger partial charge in [-0.1, -0.05) is 12.1 Å². The first-order valence-corrected chi connectivity index (χ1v) is 9.74. The van der Waals surface area contributed by atoms with E-state index >= 15 is 0 Å². The Labute approximate surface area is 143 Å². The molecule has 3 rings (SSSR count). The van der Waals surface area contributed by atoms with Gasteiger partial charge >= 0.3 is 0 Å². The Balaban J connectivity index is 1.53. The number of hydrogen-bond donors (Lipinski definition) is 1. The summed E-state index contributed by atoms with van der Waals surface area (Å²) in [5, 5.41) is 0. The van der Waals surface area contributed by atoms with Crippen molar-refractivity contribution >= 4 is 15.7 Å². The molecule has 0 aliphatic carbocycles. The molecule has 0 spiro atoms. The normalized spacial score (nSPS) is 16.3. The molecule has 0 atom stereocenters. The van der Waals surface area contributed by atoms with Gasteiger partial charge in [0, 0.05) is 37.7 Å². The summed E-state index contributed by atoms with van der Waals surface area (Å²) in [6.45, 7) is 4.29. The first-order chi connectivity index (χ1) is 11.5. The van der Waals surface area contributed by atoms with Gasteiger partial charge in [-0.25, -0.2) is 13.1 Å². The summed E-state index contributed by atoms with van der Waals surface area (Å²) in [5.74, 6) is 0.377. The topological polar surface area (TPSA) is 62.3 Å². The minimum Gasteiger partial charge on any atom is -0.371 e. The van der Waals surface area contributed by atoms with E-state index in [4.69, 9.17) is 0 Å². The molecule has 1 saturated heterocycles. The predicted octanol–water partition coefficient (Wildman–Crippen LogP) is 2.58. The van der Waals surface area contributed by atoms with Crippen LogP contribution in [0.15, 0.2) is 53.7 Å². The molecule has 0 bridgehead atoms. The highest BCUT2D eigenvalue weighted by Crippen LogP contribution is 2.22. The Morgan fingerprint density at radius 2 is 1.88 bits per heavy atom. The van der Waals surface area contributed by atoms with E-state index in [0.717, 1.165) is 31.5 Å². The van der Waals surface area contributed by atoms with Crippen LogP contribution in [-0.4, -0.2) is 33.0 Å². The second-order valence-corrected chi connectivity index (χ2v) is 8.07. The average molecular weight is 345 g/mol. The molecule has 1 aromatic carbocycles. The van der Waals surface area contributed by atoms with Gasteiger partial charge in [0.05, 0.1) is 4.90 Å². The Bertz CT molecular complexity index is 770. The van der Waals surface area contributed by atoms with Gasteiger partial charge in [-0.3, -0.25) is 4.98 Å². The number of rotatable bonds is 5. The lowest BCUT2D eigenvalue weighted by atomic mass is 9.97. The lowest BCUT2D eigenvalue weighted by molar-refractivity contribution is 0.402. The molecule has 5 nitrogen and oxygen atoms in total. The molecule has 24 heavy (non-hydrogen) atoms. The number of piperidine rings is 1. The molecule has 2 heterocycles. The third-order valence-electron chi connectivity index (χ3n) is 4.50. The second-order valence-electron chi connectivity index (χ2n) is 6.30. The van der Waals surface area contributed by atoms with Gasteiger partial charge in [-0.15, -0.1) is 0 Å². The first kappa shape index (κ1) is 16.9. The molecule has 1 fully saturated rings. The fourth-order valence-electron chi connectivity index (χ4n) is 3.04. The summed E-state index contributed by atoms with van der Waals surface area (Å²) >= 11 is 0. The van der Waals surface area contributed by atoms with Crippen molar-refractivity contribution in [2.45, 2.75) is 24.7 Å². The lowest BCUT2D eigenvalue weighted by Crippen LogP contribution is -2.38. The van der Waals surface area contributed by atoms with Gasteiger partial charge in [-0.05, 0) is 55.5 Å². The first-order valence-electron chi connectivity index (χ1n) is 8.26. The Morgan fingerprint density at radius 3 is 2.54 bits per heavy atom. The van der Waals surface area contributed by atoms with Gasteiger partial charge in [0.1, 0.15) is 0 Å². The highest BCUT2D eigenvalue weighted by molar-refractivity contribution is 7.89. The molecule has 1 aromatic heterocycles. The molecule has 0 unspecified atom stereocenters. The third kappa shape index (κ3) is 4.13.